The molecule has 1 aliphatic rings. The Labute approximate surface area is 81.3 Å². The lowest BCUT2D eigenvalue weighted by Gasteiger charge is -2.39. The van der Waals surface area contributed by atoms with Gasteiger partial charge in [-0.2, -0.15) is 12.6 Å². The molecule has 0 aromatic carbocycles. The Morgan fingerprint density at radius 2 is 2.17 bits per heavy atom. The fourth-order valence-electron chi connectivity index (χ4n) is 1.88. The van der Waals surface area contributed by atoms with Gasteiger partial charge in [-0.3, -0.25) is 9.80 Å². The maximum atomic E-state index is 4.25. The third-order valence-electron chi connectivity index (χ3n) is 2.67. The first-order valence-corrected chi connectivity index (χ1v) is 5.48. The molecule has 2 nitrogen and oxygen atoms in total. The largest absolute Gasteiger partial charge is 0.300 e. The minimum atomic E-state index is 0.726. The fourth-order valence-corrected chi connectivity index (χ4v) is 2.17. The molecule has 0 aliphatic carbocycles. The molecule has 3 heteroatoms. The van der Waals surface area contributed by atoms with E-state index in [1.54, 1.807) is 0 Å². The zero-order valence-corrected chi connectivity index (χ0v) is 9.06. The van der Waals surface area contributed by atoms with E-state index in [2.05, 4.69) is 36.3 Å². The van der Waals surface area contributed by atoms with Gasteiger partial charge in [0.15, 0.2) is 0 Å². The molecule has 0 N–H and O–H groups in total. The molecule has 12 heavy (non-hydrogen) atoms. The summed E-state index contributed by atoms with van der Waals surface area (Å²) in [4.78, 5) is 5.04. The number of rotatable bonds is 3. The number of nitrogens with zero attached hydrogens (tertiary/aromatic N) is 2. The van der Waals surface area contributed by atoms with Crippen LogP contribution in [-0.2, 0) is 0 Å². The van der Waals surface area contributed by atoms with Crippen molar-refractivity contribution in [2.75, 3.05) is 38.5 Å². The van der Waals surface area contributed by atoms with E-state index in [0.717, 1.165) is 18.3 Å². The Balaban J connectivity index is 2.30. The molecule has 0 amide bonds. The average molecular weight is 188 g/mol. The van der Waals surface area contributed by atoms with Crippen molar-refractivity contribution in [3.8, 4) is 0 Å². The van der Waals surface area contributed by atoms with Gasteiger partial charge in [0.25, 0.3) is 0 Å². The molecule has 0 aromatic heterocycles. The summed E-state index contributed by atoms with van der Waals surface area (Å²) in [6.07, 6.45) is 0. The van der Waals surface area contributed by atoms with Crippen LogP contribution in [0.5, 0.6) is 0 Å². The SMILES string of the molecule is CCN1CCN(CCS)CC1C. The van der Waals surface area contributed by atoms with Crippen molar-refractivity contribution in [3.63, 3.8) is 0 Å². The summed E-state index contributed by atoms with van der Waals surface area (Å²) in [7, 11) is 0. The van der Waals surface area contributed by atoms with Gasteiger partial charge >= 0.3 is 0 Å². The van der Waals surface area contributed by atoms with Crippen molar-refractivity contribution >= 4 is 12.6 Å². The molecule has 0 spiro atoms. The summed E-state index contributed by atoms with van der Waals surface area (Å²) in [6.45, 7) is 10.6. The van der Waals surface area contributed by atoms with Crippen LogP contribution in [0.3, 0.4) is 0 Å². The molecule has 72 valence electrons. The lowest BCUT2D eigenvalue weighted by atomic mass is 10.2. The van der Waals surface area contributed by atoms with Gasteiger partial charge in [-0.25, -0.2) is 0 Å². The molecule has 1 rings (SSSR count). The molecule has 0 aromatic rings. The van der Waals surface area contributed by atoms with Crippen LogP contribution in [0.2, 0.25) is 0 Å². The van der Waals surface area contributed by atoms with E-state index in [9.17, 15) is 0 Å². The van der Waals surface area contributed by atoms with Crippen LogP contribution in [0.4, 0.5) is 0 Å². The van der Waals surface area contributed by atoms with E-state index >= 15 is 0 Å². The lowest BCUT2D eigenvalue weighted by molar-refractivity contribution is 0.0927. The van der Waals surface area contributed by atoms with E-state index in [4.69, 9.17) is 0 Å². The van der Waals surface area contributed by atoms with E-state index in [0.29, 0.717) is 0 Å². The van der Waals surface area contributed by atoms with E-state index in [1.165, 1.54) is 26.2 Å². The maximum absolute atomic E-state index is 4.25. The first kappa shape index (κ1) is 10.4. The summed E-state index contributed by atoms with van der Waals surface area (Å²) in [6, 6.07) is 0.726. The molecule has 1 fully saturated rings. The van der Waals surface area contributed by atoms with Gasteiger partial charge in [-0.1, -0.05) is 6.92 Å². The van der Waals surface area contributed by atoms with Gasteiger partial charge in [-0.15, -0.1) is 0 Å². The van der Waals surface area contributed by atoms with Crippen molar-refractivity contribution in [2.45, 2.75) is 19.9 Å². The van der Waals surface area contributed by atoms with E-state index < -0.39 is 0 Å². The number of hydrogen-bond acceptors (Lipinski definition) is 3. The zero-order valence-electron chi connectivity index (χ0n) is 8.16. The Bertz CT molecular complexity index is 130. The van der Waals surface area contributed by atoms with Crippen LogP contribution in [0, 0.1) is 0 Å². The Kier molecular flexibility index (Phi) is 4.40. The number of hydrogen-bond donors (Lipinski definition) is 1. The third-order valence-corrected chi connectivity index (χ3v) is 2.87. The molecule has 1 atom stereocenters. The zero-order chi connectivity index (χ0) is 8.97. The van der Waals surface area contributed by atoms with Crippen LogP contribution >= 0.6 is 12.6 Å². The Morgan fingerprint density at radius 1 is 1.42 bits per heavy atom. The highest BCUT2D eigenvalue weighted by Crippen LogP contribution is 2.08. The van der Waals surface area contributed by atoms with Gasteiger partial charge in [0.05, 0.1) is 0 Å². The first-order chi connectivity index (χ1) is 5.77. The highest BCUT2D eigenvalue weighted by molar-refractivity contribution is 7.80. The quantitative estimate of drug-likeness (QED) is 0.659. The molecular weight excluding hydrogens is 168 g/mol. The fraction of sp³-hybridized carbons (Fsp3) is 1.00. The standard InChI is InChI=1S/C9H20N2S/c1-3-11-5-4-10(6-7-12)8-9(11)2/h9,12H,3-8H2,1-2H3. The third kappa shape index (κ3) is 2.64. The van der Waals surface area contributed by atoms with Gasteiger partial charge < -0.3 is 0 Å². The minimum Gasteiger partial charge on any atom is -0.300 e. The summed E-state index contributed by atoms with van der Waals surface area (Å²) in [5, 5.41) is 0. The molecule has 0 bridgehead atoms. The van der Waals surface area contributed by atoms with Crippen molar-refractivity contribution in [1.29, 1.82) is 0 Å². The second-order valence-electron chi connectivity index (χ2n) is 3.50. The number of likely N-dealkylation sites (N-methyl/N-ethyl adjacent to an activating group) is 1. The first-order valence-electron chi connectivity index (χ1n) is 4.85. The van der Waals surface area contributed by atoms with Crippen molar-refractivity contribution in [3.05, 3.63) is 0 Å². The van der Waals surface area contributed by atoms with Crippen LogP contribution in [0.1, 0.15) is 13.8 Å². The van der Waals surface area contributed by atoms with Crippen molar-refractivity contribution in [1.82, 2.24) is 9.80 Å². The molecular formula is C9H20N2S. The smallest absolute Gasteiger partial charge is 0.0195 e. The second kappa shape index (κ2) is 5.10. The van der Waals surface area contributed by atoms with Gasteiger partial charge in [0.2, 0.25) is 0 Å². The minimum absolute atomic E-state index is 0.726. The summed E-state index contributed by atoms with van der Waals surface area (Å²) < 4.78 is 0. The number of piperazine rings is 1. The Morgan fingerprint density at radius 3 is 2.67 bits per heavy atom. The van der Waals surface area contributed by atoms with Crippen LogP contribution in [-0.4, -0.2) is 54.3 Å². The second-order valence-corrected chi connectivity index (χ2v) is 3.95. The highest BCUT2D eigenvalue weighted by atomic mass is 32.1. The van der Waals surface area contributed by atoms with Gasteiger partial charge in [0.1, 0.15) is 0 Å². The predicted octanol–water partition coefficient (Wildman–Crippen LogP) is 0.942. The molecule has 1 unspecified atom stereocenters. The summed E-state index contributed by atoms with van der Waals surface area (Å²) >= 11 is 4.25. The lowest BCUT2D eigenvalue weighted by Crippen LogP contribution is -2.51. The molecule has 0 radical (unpaired) electrons. The Hall–Kier alpha value is 0.270. The average Bonchev–Trinajstić information content (AvgIpc) is 2.05. The maximum Gasteiger partial charge on any atom is 0.0195 e. The van der Waals surface area contributed by atoms with Crippen LogP contribution in [0.15, 0.2) is 0 Å². The normalized spacial score (nSPS) is 27.8. The van der Waals surface area contributed by atoms with Crippen molar-refractivity contribution < 1.29 is 0 Å². The van der Waals surface area contributed by atoms with E-state index in [1.807, 2.05) is 0 Å². The highest BCUT2D eigenvalue weighted by Gasteiger charge is 2.21. The van der Waals surface area contributed by atoms with Gasteiger partial charge in [0, 0.05) is 38.0 Å². The summed E-state index contributed by atoms with van der Waals surface area (Å²) in [5.74, 6) is 0.985. The van der Waals surface area contributed by atoms with Crippen molar-refractivity contribution in [2.24, 2.45) is 0 Å². The molecule has 1 aliphatic heterocycles. The topological polar surface area (TPSA) is 6.48 Å². The molecule has 0 saturated carbocycles. The monoisotopic (exact) mass is 188 g/mol. The molecule has 1 heterocycles. The van der Waals surface area contributed by atoms with E-state index in [-0.39, 0.29) is 0 Å². The number of thiol groups is 1. The predicted molar refractivity (Wildman–Crippen MR) is 57.0 cm³/mol. The molecule has 1 saturated heterocycles. The summed E-state index contributed by atoms with van der Waals surface area (Å²) in [5.41, 5.74) is 0. The van der Waals surface area contributed by atoms with Crippen LogP contribution < -0.4 is 0 Å². The van der Waals surface area contributed by atoms with Crippen LogP contribution in [0.25, 0.3) is 0 Å². The van der Waals surface area contributed by atoms with Gasteiger partial charge in [-0.05, 0) is 13.5 Å².